The van der Waals surface area contributed by atoms with E-state index < -0.39 is 6.04 Å². The number of nitrogens with zero attached hydrogens (tertiary/aromatic N) is 3. The summed E-state index contributed by atoms with van der Waals surface area (Å²) in [6.07, 6.45) is 6.87. The molecule has 1 aromatic heterocycles. The number of nitrogens with two attached hydrogens (primary N) is 1. The van der Waals surface area contributed by atoms with Gasteiger partial charge in [0.25, 0.3) is 0 Å². The third-order valence-corrected chi connectivity index (χ3v) is 4.38. The van der Waals surface area contributed by atoms with Crippen molar-refractivity contribution >= 4 is 11.6 Å². The highest BCUT2D eigenvalue weighted by molar-refractivity contribution is 5.82. The van der Waals surface area contributed by atoms with E-state index in [0.29, 0.717) is 0 Å². The molecular weight excluding hydrogens is 266 g/mol. The van der Waals surface area contributed by atoms with Gasteiger partial charge >= 0.3 is 0 Å². The summed E-state index contributed by atoms with van der Waals surface area (Å²) in [7, 11) is 1.91. The maximum atomic E-state index is 12.2. The third-order valence-electron chi connectivity index (χ3n) is 4.38. The molecule has 1 saturated heterocycles. The van der Waals surface area contributed by atoms with Gasteiger partial charge in [-0.1, -0.05) is 20.3 Å². The molecule has 0 bridgehead atoms. The number of nitrogens with one attached hydrogen (secondary N) is 1. The Morgan fingerprint density at radius 3 is 3.00 bits per heavy atom. The van der Waals surface area contributed by atoms with Crippen molar-refractivity contribution in [3.63, 3.8) is 0 Å². The Kier molecular flexibility index (Phi) is 5.22. The molecule has 3 N–H and O–H groups in total. The van der Waals surface area contributed by atoms with Gasteiger partial charge in [0, 0.05) is 32.4 Å². The van der Waals surface area contributed by atoms with Crippen molar-refractivity contribution in [2.24, 2.45) is 18.7 Å². The molecule has 1 amide bonds. The molecule has 2 rings (SSSR count). The Labute approximate surface area is 126 Å². The molecule has 0 radical (unpaired) electrons. The number of carbonyl (C=O) groups is 1. The van der Waals surface area contributed by atoms with E-state index in [2.05, 4.69) is 22.2 Å². The van der Waals surface area contributed by atoms with Crippen LogP contribution in [0.5, 0.6) is 0 Å². The van der Waals surface area contributed by atoms with Crippen LogP contribution in [0.3, 0.4) is 0 Å². The minimum atomic E-state index is -0.413. The van der Waals surface area contributed by atoms with E-state index in [9.17, 15) is 4.79 Å². The standard InChI is InChI=1S/C15H27N5O/c1-4-11(2)14(16)15(21)18-12-6-5-7-20(9-12)13-8-17-19(3)10-13/h8,10-12,14H,4-7,9,16H2,1-3H3,(H,18,21). The Hall–Kier alpha value is -1.56. The monoisotopic (exact) mass is 293 g/mol. The van der Waals surface area contributed by atoms with E-state index in [0.717, 1.165) is 38.0 Å². The number of anilines is 1. The number of hydrogen-bond donors (Lipinski definition) is 2. The predicted molar refractivity (Wildman–Crippen MR) is 84.0 cm³/mol. The first-order valence-electron chi connectivity index (χ1n) is 7.80. The van der Waals surface area contributed by atoms with E-state index in [1.54, 1.807) is 4.68 Å². The SMILES string of the molecule is CCC(C)C(N)C(=O)NC1CCCN(c2cnn(C)c2)C1. The van der Waals surface area contributed by atoms with Crippen molar-refractivity contribution in [3.8, 4) is 0 Å². The molecule has 1 aliphatic rings. The lowest BCUT2D eigenvalue weighted by molar-refractivity contribution is -0.124. The Bertz CT molecular complexity index is 472. The quantitative estimate of drug-likeness (QED) is 0.845. The lowest BCUT2D eigenvalue weighted by atomic mass is 9.98. The van der Waals surface area contributed by atoms with Crippen LogP contribution in [0, 0.1) is 5.92 Å². The first-order chi connectivity index (χ1) is 10.0. The van der Waals surface area contributed by atoms with Gasteiger partial charge in [-0.2, -0.15) is 5.10 Å². The minimum absolute atomic E-state index is 0.0256. The van der Waals surface area contributed by atoms with Crippen molar-refractivity contribution in [3.05, 3.63) is 12.4 Å². The fraction of sp³-hybridized carbons (Fsp3) is 0.733. The van der Waals surface area contributed by atoms with Crippen molar-refractivity contribution < 1.29 is 4.79 Å². The van der Waals surface area contributed by atoms with Crippen LogP contribution in [0.4, 0.5) is 5.69 Å². The lowest BCUT2D eigenvalue weighted by Gasteiger charge is -2.34. The average molecular weight is 293 g/mol. The van der Waals surface area contributed by atoms with Crippen LogP contribution in [0.15, 0.2) is 12.4 Å². The normalized spacial score (nSPS) is 21.9. The molecule has 1 aromatic rings. The second-order valence-electron chi connectivity index (χ2n) is 6.08. The average Bonchev–Trinajstić information content (AvgIpc) is 2.92. The molecular formula is C15H27N5O. The van der Waals surface area contributed by atoms with E-state index in [1.165, 1.54) is 0 Å². The van der Waals surface area contributed by atoms with E-state index in [4.69, 9.17) is 5.73 Å². The number of amides is 1. The number of hydrogen-bond acceptors (Lipinski definition) is 4. The number of rotatable bonds is 5. The van der Waals surface area contributed by atoms with Gasteiger partial charge in [0.05, 0.1) is 17.9 Å². The van der Waals surface area contributed by atoms with Crippen LogP contribution < -0.4 is 16.0 Å². The van der Waals surface area contributed by atoms with Crippen molar-refractivity contribution in [1.29, 1.82) is 0 Å². The molecule has 0 aromatic carbocycles. The fourth-order valence-electron chi connectivity index (χ4n) is 2.71. The van der Waals surface area contributed by atoms with Crippen LogP contribution in [0.1, 0.15) is 33.1 Å². The van der Waals surface area contributed by atoms with Crippen LogP contribution in [0.25, 0.3) is 0 Å². The molecule has 1 fully saturated rings. The highest BCUT2D eigenvalue weighted by Crippen LogP contribution is 2.19. The predicted octanol–water partition coefficient (Wildman–Crippen LogP) is 0.879. The molecule has 0 saturated carbocycles. The molecule has 21 heavy (non-hydrogen) atoms. The van der Waals surface area contributed by atoms with E-state index in [1.807, 2.05) is 26.4 Å². The second-order valence-corrected chi connectivity index (χ2v) is 6.08. The summed E-state index contributed by atoms with van der Waals surface area (Å²) in [5, 5.41) is 7.32. The fourth-order valence-corrected chi connectivity index (χ4v) is 2.71. The zero-order valence-corrected chi connectivity index (χ0v) is 13.2. The molecule has 2 heterocycles. The van der Waals surface area contributed by atoms with Crippen molar-refractivity contribution in [2.75, 3.05) is 18.0 Å². The summed E-state index contributed by atoms with van der Waals surface area (Å²) in [6, 6.07) is -0.245. The lowest BCUT2D eigenvalue weighted by Crippen LogP contribution is -2.53. The number of carbonyl (C=O) groups excluding carboxylic acids is 1. The first kappa shape index (κ1) is 15.8. The topological polar surface area (TPSA) is 76.2 Å². The van der Waals surface area contributed by atoms with Gasteiger partial charge in [0.2, 0.25) is 5.91 Å². The van der Waals surface area contributed by atoms with Gasteiger partial charge in [0.1, 0.15) is 0 Å². The smallest absolute Gasteiger partial charge is 0.237 e. The summed E-state index contributed by atoms with van der Waals surface area (Å²) in [5.74, 6) is 0.186. The van der Waals surface area contributed by atoms with Gasteiger partial charge in [0.15, 0.2) is 0 Å². The van der Waals surface area contributed by atoms with Gasteiger partial charge in [-0.05, 0) is 18.8 Å². The molecule has 0 spiro atoms. The second kappa shape index (κ2) is 6.93. The maximum Gasteiger partial charge on any atom is 0.237 e. The maximum absolute atomic E-state index is 12.2. The molecule has 6 heteroatoms. The van der Waals surface area contributed by atoms with Crippen LogP contribution >= 0.6 is 0 Å². The summed E-state index contributed by atoms with van der Waals surface area (Å²) in [4.78, 5) is 14.5. The van der Waals surface area contributed by atoms with Gasteiger partial charge < -0.3 is 16.0 Å². The van der Waals surface area contributed by atoms with Gasteiger partial charge in [-0.15, -0.1) is 0 Å². The zero-order chi connectivity index (χ0) is 15.4. The first-order valence-corrected chi connectivity index (χ1v) is 7.80. The largest absolute Gasteiger partial charge is 0.367 e. The summed E-state index contributed by atoms with van der Waals surface area (Å²) >= 11 is 0. The highest BCUT2D eigenvalue weighted by Gasteiger charge is 2.26. The molecule has 1 aliphatic heterocycles. The Morgan fingerprint density at radius 1 is 1.62 bits per heavy atom. The Morgan fingerprint density at radius 2 is 2.38 bits per heavy atom. The number of aromatic nitrogens is 2. The van der Waals surface area contributed by atoms with Crippen molar-refractivity contribution in [1.82, 2.24) is 15.1 Å². The molecule has 0 aliphatic carbocycles. The molecule has 3 atom stereocenters. The van der Waals surface area contributed by atoms with Crippen LogP contribution in [0.2, 0.25) is 0 Å². The van der Waals surface area contributed by atoms with Gasteiger partial charge in [-0.25, -0.2) is 0 Å². The van der Waals surface area contributed by atoms with Gasteiger partial charge in [-0.3, -0.25) is 9.48 Å². The molecule has 3 unspecified atom stereocenters. The zero-order valence-electron chi connectivity index (χ0n) is 13.2. The summed E-state index contributed by atoms with van der Waals surface area (Å²) in [5.41, 5.74) is 7.11. The minimum Gasteiger partial charge on any atom is -0.367 e. The highest BCUT2D eigenvalue weighted by atomic mass is 16.2. The summed E-state index contributed by atoms with van der Waals surface area (Å²) < 4.78 is 1.80. The van der Waals surface area contributed by atoms with Crippen molar-refractivity contribution in [2.45, 2.75) is 45.2 Å². The number of aryl methyl sites for hydroxylation is 1. The Balaban J connectivity index is 1.91. The molecule has 6 nitrogen and oxygen atoms in total. The van der Waals surface area contributed by atoms with E-state index >= 15 is 0 Å². The number of piperidine rings is 1. The molecule has 118 valence electrons. The van der Waals surface area contributed by atoms with E-state index in [-0.39, 0.29) is 17.9 Å². The van der Waals surface area contributed by atoms with Crippen LogP contribution in [-0.4, -0.2) is 40.9 Å². The van der Waals surface area contributed by atoms with Crippen LogP contribution in [-0.2, 0) is 11.8 Å². The summed E-state index contributed by atoms with van der Waals surface area (Å²) in [6.45, 7) is 5.91. The third kappa shape index (κ3) is 3.97.